The van der Waals surface area contributed by atoms with E-state index in [2.05, 4.69) is 22.8 Å². The summed E-state index contributed by atoms with van der Waals surface area (Å²) in [7, 11) is 0. The fraction of sp³-hybridized carbons (Fsp3) is 0.438. The predicted octanol–water partition coefficient (Wildman–Crippen LogP) is 2.16. The lowest BCUT2D eigenvalue weighted by Gasteiger charge is -2.10. The van der Waals surface area contributed by atoms with Gasteiger partial charge >= 0.3 is 6.09 Å². The van der Waals surface area contributed by atoms with Crippen LogP contribution in [0.25, 0.3) is 11.0 Å². The van der Waals surface area contributed by atoms with E-state index in [1.165, 1.54) is 0 Å². The lowest BCUT2D eigenvalue weighted by Crippen LogP contribution is -2.43. The van der Waals surface area contributed by atoms with Gasteiger partial charge in [0.25, 0.3) is 5.91 Å². The molecule has 2 rings (SSSR count). The predicted molar refractivity (Wildman–Crippen MR) is 86.6 cm³/mol. The van der Waals surface area contributed by atoms with Gasteiger partial charge in [0.15, 0.2) is 0 Å². The van der Waals surface area contributed by atoms with Crippen LogP contribution in [0.2, 0.25) is 0 Å². The largest absolute Gasteiger partial charge is 0.449 e. The highest BCUT2D eigenvalue weighted by Gasteiger charge is 2.13. The first kappa shape index (κ1) is 16.8. The Hall–Kier alpha value is -2.57. The van der Waals surface area contributed by atoms with Crippen LogP contribution >= 0.6 is 0 Å². The van der Waals surface area contributed by atoms with Crippen LogP contribution in [-0.2, 0) is 22.5 Å². The number of aromatic nitrogens is 2. The van der Waals surface area contributed by atoms with Crippen molar-refractivity contribution in [2.45, 2.75) is 39.7 Å². The number of hydrogen-bond donors (Lipinski definition) is 2. The molecule has 2 N–H and O–H groups in total. The number of nitrogens with one attached hydrogen (secondary N) is 2. The van der Waals surface area contributed by atoms with E-state index >= 15 is 0 Å². The van der Waals surface area contributed by atoms with Crippen LogP contribution in [0.15, 0.2) is 24.3 Å². The number of aryl methyl sites for hydroxylation is 1. The molecule has 0 aliphatic heterocycles. The number of ether oxygens (including phenoxy) is 1. The molecular formula is C16H22N4O3. The van der Waals surface area contributed by atoms with Crippen molar-refractivity contribution in [1.82, 2.24) is 20.4 Å². The summed E-state index contributed by atoms with van der Waals surface area (Å²) < 4.78 is 6.57. The zero-order chi connectivity index (χ0) is 16.7. The molecule has 124 valence electrons. The van der Waals surface area contributed by atoms with Crippen molar-refractivity contribution < 1.29 is 14.3 Å². The van der Waals surface area contributed by atoms with Crippen molar-refractivity contribution in [3.05, 3.63) is 30.1 Å². The van der Waals surface area contributed by atoms with Gasteiger partial charge in [-0.25, -0.2) is 15.2 Å². The van der Waals surface area contributed by atoms with Crippen molar-refractivity contribution in [3.8, 4) is 0 Å². The molecule has 0 aliphatic rings. The van der Waals surface area contributed by atoms with Crippen LogP contribution in [0, 0.1) is 0 Å². The Morgan fingerprint density at radius 2 is 2.00 bits per heavy atom. The SMILES string of the molecule is CCCCc1nc2ccccc2n1CC(=O)NNC(=O)OCC. The van der Waals surface area contributed by atoms with Gasteiger partial charge in [-0.1, -0.05) is 25.5 Å². The van der Waals surface area contributed by atoms with Crippen LogP contribution in [0.1, 0.15) is 32.5 Å². The van der Waals surface area contributed by atoms with Gasteiger partial charge < -0.3 is 9.30 Å². The van der Waals surface area contributed by atoms with E-state index < -0.39 is 6.09 Å². The number of rotatable bonds is 6. The fourth-order valence-electron chi connectivity index (χ4n) is 2.30. The lowest BCUT2D eigenvalue weighted by atomic mass is 10.2. The third-order valence-corrected chi connectivity index (χ3v) is 3.37. The summed E-state index contributed by atoms with van der Waals surface area (Å²) in [6.07, 6.45) is 2.19. The number of hydrazine groups is 1. The summed E-state index contributed by atoms with van der Waals surface area (Å²) in [5.41, 5.74) is 6.33. The summed E-state index contributed by atoms with van der Waals surface area (Å²) in [4.78, 5) is 27.9. The average Bonchev–Trinajstić information content (AvgIpc) is 2.89. The number of hydrogen-bond acceptors (Lipinski definition) is 4. The third kappa shape index (κ3) is 4.45. The molecule has 1 heterocycles. The molecule has 0 fully saturated rings. The van der Waals surface area contributed by atoms with E-state index in [0.717, 1.165) is 36.1 Å². The van der Waals surface area contributed by atoms with Gasteiger partial charge in [0.1, 0.15) is 12.4 Å². The van der Waals surface area contributed by atoms with Crippen molar-refractivity contribution in [3.63, 3.8) is 0 Å². The fourth-order valence-corrected chi connectivity index (χ4v) is 2.30. The summed E-state index contributed by atoms with van der Waals surface area (Å²) in [6, 6.07) is 7.70. The van der Waals surface area contributed by atoms with Gasteiger partial charge in [-0.15, -0.1) is 0 Å². The van der Waals surface area contributed by atoms with Gasteiger partial charge in [0.05, 0.1) is 17.6 Å². The van der Waals surface area contributed by atoms with Crippen LogP contribution in [0.5, 0.6) is 0 Å². The van der Waals surface area contributed by atoms with Crippen molar-refractivity contribution in [1.29, 1.82) is 0 Å². The normalized spacial score (nSPS) is 10.5. The molecule has 7 heteroatoms. The molecule has 2 aromatic rings. The molecule has 0 aliphatic carbocycles. The molecule has 1 aromatic heterocycles. The highest BCUT2D eigenvalue weighted by atomic mass is 16.5. The zero-order valence-corrected chi connectivity index (χ0v) is 13.5. The summed E-state index contributed by atoms with van der Waals surface area (Å²) >= 11 is 0. The van der Waals surface area contributed by atoms with E-state index in [-0.39, 0.29) is 19.1 Å². The number of fused-ring (bicyclic) bond motifs is 1. The molecule has 0 unspecified atom stereocenters. The quantitative estimate of drug-likeness (QED) is 0.799. The van der Waals surface area contributed by atoms with Gasteiger partial charge in [-0.3, -0.25) is 10.2 Å². The second kappa shape index (κ2) is 8.17. The molecule has 1 aromatic carbocycles. The first-order valence-corrected chi connectivity index (χ1v) is 7.81. The maximum Gasteiger partial charge on any atom is 0.426 e. The number of para-hydroxylation sites is 2. The molecule has 7 nitrogen and oxygen atoms in total. The topological polar surface area (TPSA) is 85.3 Å². The Morgan fingerprint density at radius 1 is 1.22 bits per heavy atom. The average molecular weight is 318 g/mol. The summed E-state index contributed by atoms with van der Waals surface area (Å²) in [6.45, 7) is 4.14. The second-order valence-corrected chi connectivity index (χ2v) is 5.10. The van der Waals surface area contributed by atoms with Crippen molar-refractivity contribution in [2.75, 3.05) is 6.61 Å². The molecule has 0 bridgehead atoms. The molecular weight excluding hydrogens is 296 g/mol. The molecule has 2 amide bonds. The standard InChI is InChI=1S/C16H22N4O3/c1-3-5-10-14-17-12-8-6-7-9-13(12)20(14)11-15(21)18-19-16(22)23-4-2/h6-9H,3-5,10-11H2,1-2H3,(H,18,21)(H,19,22). The van der Waals surface area contributed by atoms with Crippen LogP contribution < -0.4 is 10.9 Å². The van der Waals surface area contributed by atoms with E-state index in [1.807, 2.05) is 28.8 Å². The number of carbonyl (C=O) groups is 2. The minimum atomic E-state index is -0.678. The molecule has 0 spiro atoms. The monoisotopic (exact) mass is 318 g/mol. The highest BCUT2D eigenvalue weighted by molar-refractivity contribution is 5.82. The van der Waals surface area contributed by atoms with Gasteiger partial charge in [-0.05, 0) is 25.5 Å². The number of benzene rings is 1. The van der Waals surface area contributed by atoms with Crippen LogP contribution in [0.4, 0.5) is 4.79 Å². The van der Waals surface area contributed by atoms with E-state index in [0.29, 0.717) is 0 Å². The number of carbonyl (C=O) groups excluding carboxylic acids is 2. The van der Waals surface area contributed by atoms with Crippen LogP contribution in [0.3, 0.4) is 0 Å². The number of amides is 2. The second-order valence-electron chi connectivity index (χ2n) is 5.10. The van der Waals surface area contributed by atoms with E-state index in [9.17, 15) is 9.59 Å². The molecule has 0 saturated carbocycles. The Bertz CT molecular complexity index is 681. The van der Waals surface area contributed by atoms with E-state index in [1.54, 1.807) is 6.92 Å². The highest BCUT2D eigenvalue weighted by Crippen LogP contribution is 2.17. The van der Waals surface area contributed by atoms with Gasteiger partial charge in [0, 0.05) is 6.42 Å². The Morgan fingerprint density at radius 3 is 2.74 bits per heavy atom. The molecule has 0 saturated heterocycles. The van der Waals surface area contributed by atoms with Gasteiger partial charge in [-0.2, -0.15) is 0 Å². The number of unbranched alkanes of at least 4 members (excludes halogenated alkanes) is 1. The minimum absolute atomic E-state index is 0.0893. The molecule has 0 radical (unpaired) electrons. The maximum atomic E-state index is 12.1. The minimum Gasteiger partial charge on any atom is -0.449 e. The molecule has 0 atom stereocenters. The Labute approximate surface area is 135 Å². The van der Waals surface area contributed by atoms with Crippen molar-refractivity contribution >= 4 is 23.0 Å². The summed E-state index contributed by atoms with van der Waals surface area (Å²) in [5.74, 6) is 0.540. The van der Waals surface area contributed by atoms with Crippen molar-refractivity contribution in [2.24, 2.45) is 0 Å². The first-order chi connectivity index (χ1) is 11.2. The Balaban J connectivity index is 2.10. The number of imidazole rings is 1. The zero-order valence-electron chi connectivity index (χ0n) is 13.5. The number of nitrogens with zero attached hydrogens (tertiary/aromatic N) is 2. The Kier molecular flexibility index (Phi) is 5.96. The summed E-state index contributed by atoms with van der Waals surface area (Å²) in [5, 5.41) is 0. The van der Waals surface area contributed by atoms with E-state index in [4.69, 9.17) is 4.74 Å². The third-order valence-electron chi connectivity index (χ3n) is 3.37. The van der Waals surface area contributed by atoms with Crippen LogP contribution in [-0.4, -0.2) is 28.2 Å². The first-order valence-electron chi connectivity index (χ1n) is 7.81. The maximum absolute atomic E-state index is 12.1. The molecule has 23 heavy (non-hydrogen) atoms. The van der Waals surface area contributed by atoms with Gasteiger partial charge in [0.2, 0.25) is 0 Å². The smallest absolute Gasteiger partial charge is 0.426 e. The lowest BCUT2D eigenvalue weighted by molar-refractivity contribution is -0.122.